The first-order chi connectivity index (χ1) is 21.6. The molecule has 262 valence electrons. The van der Waals surface area contributed by atoms with Gasteiger partial charge in [-0.3, -0.25) is 9.05 Å². The molecule has 2 unspecified atom stereocenters. The van der Waals surface area contributed by atoms with Crippen molar-refractivity contribution in [3.63, 3.8) is 0 Å². The Labute approximate surface area is 277 Å². The molecule has 0 aliphatic heterocycles. The van der Waals surface area contributed by atoms with Crippen molar-refractivity contribution in [2.24, 2.45) is 5.92 Å². The van der Waals surface area contributed by atoms with E-state index in [1.54, 1.807) is 0 Å². The van der Waals surface area contributed by atoms with Crippen molar-refractivity contribution in [2.45, 2.75) is 143 Å². The van der Waals surface area contributed by atoms with Crippen molar-refractivity contribution < 1.29 is 32.5 Å². The fourth-order valence-electron chi connectivity index (χ4n) is 5.62. The first-order valence-corrected chi connectivity index (χ1v) is 19.7. The second-order valence-electron chi connectivity index (χ2n) is 13.7. The average Bonchev–Trinajstić information content (AvgIpc) is 3.00. The van der Waals surface area contributed by atoms with E-state index in [1.807, 2.05) is 24.3 Å². The number of carbonyl (C=O) groups excluding carboxylic acids is 1. The summed E-state index contributed by atoms with van der Waals surface area (Å²) < 4.78 is 30.0. The Balaban J connectivity index is 2.29. The van der Waals surface area contributed by atoms with E-state index in [0.29, 0.717) is 19.4 Å². The number of Topliss-reactive ketones (excluding diaryl/α,β-unsaturated/α-hetero) is 1. The lowest BCUT2D eigenvalue weighted by Crippen LogP contribution is -2.40. The van der Waals surface area contributed by atoms with Crippen LogP contribution in [-0.4, -0.2) is 62.2 Å². The highest BCUT2D eigenvalue weighted by Crippen LogP contribution is 2.44. The number of quaternary nitrogens is 1. The maximum atomic E-state index is 12.5. The summed E-state index contributed by atoms with van der Waals surface area (Å²) >= 11 is 0. The molecule has 0 heterocycles. The number of phosphoric ester groups is 1. The second-order valence-corrected chi connectivity index (χ2v) is 15.1. The molecule has 0 fully saturated rings. The maximum Gasteiger partial charge on any atom is 0.472 e. The molecule has 0 aliphatic rings. The minimum absolute atomic E-state index is 0.0171. The molecule has 7 nitrogen and oxygen atoms in total. The Morgan fingerprint density at radius 1 is 0.778 bits per heavy atom. The first kappa shape index (κ1) is 41.8. The summed E-state index contributed by atoms with van der Waals surface area (Å²) in [5, 5.41) is 0. The Hall–Kier alpha value is -1.24. The van der Waals surface area contributed by atoms with Crippen molar-refractivity contribution in [3.8, 4) is 5.75 Å². The molecule has 0 bridgehead atoms. The Kier molecular flexibility index (Phi) is 24.0. The summed E-state index contributed by atoms with van der Waals surface area (Å²) in [6.07, 6.45) is 22.9. The van der Waals surface area contributed by atoms with Crippen molar-refractivity contribution in [1.82, 2.24) is 0 Å². The van der Waals surface area contributed by atoms with Gasteiger partial charge in [0.25, 0.3) is 0 Å². The number of benzene rings is 1. The summed E-state index contributed by atoms with van der Waals surface area (Å²) in [4.78, 5) is 22.2. The minimum Gasteiger partial charge on any atom is -0.493 e. The molecule has 0 radical (unpaired) electrons. The predicted molar refractivity (Wildman–Crippen MR) is 188 cm³/mol. The van der Waals surface area contributed by atoms with E-state index in [4.69, 9.17) is 13.8 Å². The first-order valence-electron chi connectivity index (χ1n) is 18.2. The third-order valence-electron chi connectivity index (χ3n) is 8.80. The number of nitrogens with zero attached hydrogens (tertiary/aromatic N) is 1. The smallest absolute Gasteiger partial charge is 0.472 e. The predicted octanol–water partition coefficient (Wildman–Crippen LogP) is 10.1. The van der Waals surface area contributed by atoms with Gasteiger partial charge in [0.15, 0.2) is 0 Å². The summed E-state index contributed by atoms with van der Waals surface area (Å²) in [6, 6.07) is 7.87. The largest absolute Gasteiger partial charge is 0.493 e. The molecule has 0 saturated carbocycles. The highest BCUT2D eigenvalue weighted by molar-refractivity contribution is 7.47. The molecular weight excluding hydrogens is 585 g/mol. The molecule has 8 heteroatoms. The summed E-state index contributed by atoms with van der Waals surface area (Å²) in [5.41, 5.74) is 0.983. The molecule has 45 heavy (non-hydrogen) atoms. The highest BCUT2D eigenvalue weighted by Gasteiger charge is 2.25. The number of phosphoric acid groups is 1. The zero-order chi connectivity index (χ0) is 33.2. The van der Waals surface area contributed by atoms with Gasteiger partial charge in [-0.15, -0.1) is 0 Å². The van der Waals surface area contributed by atoms with E-state index in [0.717, 1.165) is 35.3 Å². The number of hydrogen-bond donors (Lipinski definition) is 1. The number of rotatable bonds is 31. The number of carbonyl (C=O) groups is 1. The fraction of sp³-hybridized carbons (Fsp3) is 0.811. The molecule has 1 N–H and O–H groups in total. The van der Waals surface area contributed by atoms with Gasteiger partial charge in [-0.2, -0.15) is 0 Å². The third-order valence-corrected chi connectivity index (χ3v) is 9.79. The molecule has 0 aromatic heterocycles. The van der Waals surface area contributed by atoms with Gasteiger partial charge in [0, 0.05) is 12.8 Å². The summed E-state index contributed by atoms with van der Waals surface area (Å²) in [5.74, 6) is 0.582. The topological polar surface area (TPSA) is 82.1 Å². The van der Waals surface area contributed by atoms with Crippen LogP contribution in [-0.2, 0) is 24.8 Å². The molecule has 0 amide bonds. The standard InChI is InChI=1S/C37H68NO6P/c1-6-8-9-10-11-12-13-14-15-16-17-18-19-20-21-24-29-42-37-27-23-22-26-36(37)32-35(31-34(3)39)33-44-45(40,41)43-30-25-28-38(4,5)7-2/h22-23,26-27,35H,6-21,24-25,28-33H2,1-5H3/p+1. The van der Waals surface area contributed by atoms with Crippen LogP contribution >= 0.6 is 7.82 Å². The monoisotopic (exact) mass is 654 g/mol. The van der Waals surface area contributed by atoms with Gasteiger partial charge in [-0.05, 0) is 44.2 Å². The Morgan fingerprint density at radius 2 is 1.31 bits per heavy atom. The van der Waals surface area contributed by atoms with E-state index < -0.39 is 7.82 Å². The number of hydrogen-bond acceptors (Lipinski definition) is 5. The van der Waals surface area contributed by atoms with Crippen LogP contribution in [0.2, 0.25) is 0 Å². The van der Waals surface area contributed by atoms with Crippen molar-refractivity contribution in [3.05, 3.63) is 29.8 Å². The van der Waals surface area contributed by atoms with E-state index in [1.165, 1.54) is 103 Å². The lowest BCUT2D eigenvalue weighted by Gasteiger charge is -2.28. The molecule has 1 aromatic rings. The van der Waals surface area contributed by atoms with Crippen LogP contribution in [0.1, 0.15) is 142 Å². The highest BCUT2D eigenvalue weighted by atomic mass is 31.2. The lowest BCUT2D eigenvalue weighted by atomic mass is 9.95. The van der Waals surface area contributed by atoms with E-state index >= 15 is 0 Å². The molecular formula is C37H69NO6P+. The van der Waals surface area contributed by atoms with Gasteiger partial charge in [-0.1, -0.05) is 121 Å². The van der Waals surface area contributed by atoms with Crippen molar-refractivity contribution in [2.75, 3.05) is 47.0 Å². The van der Waals surface area contributed by atoms with Gasteiger partial charge >= 0.3 is 7.82 Å². The van der Waals surface area contributed by atoms with Crippen LogP contribution in [0.5, 0.6) is 5.75 Å². The zero-order valence-electron chi connectivity index (χ0n) is 29.7. The normalized spacial score (nSPS) is 13.9. The zero-order valence-corrected chi connectivity index (χ0v) is 30.6. The molecule has 1 rings (SSSR count). The van der Waals surface area contributed by atoms with Crippen molar-refractivity contribution >= 4 is 13.6 Å². The van der Waals surface area contributed by atoms with E-state index in [2.05, 4.69) is 27.9 Å². The van der Waals surface area contributed by atoms with Gasteiger partial charge in [-0.25, -0.2) is 4.57 Å². The summed E-state index contributed by atoms with van der Waals surface area (Å²) in [6.45, 7) is 8.54. The molecule has 0 aliphatic carbocycles. The fourth-order valence-corrected chi connectivity index (χ4v) is 6.45. The van der Waals surface area contributed by atoms with Gasteiger partial charge in [0.2, 0.25) is 0 Å². The minimum atomic E-state index is -4.19. The van der Waals surface area contributed by atoms with E-state index in [9.17, 15) is 14.3 Å². The van der Waals surface area contributed by atoms with Crippen LogP contribution in [0.15, 0.2) is 24.3 Å². The lowest BCUT2D eigenvalue weighted by molar-refractivity contribution is -0.888. The van der Waals surface area contributed by atoms with Crippen LogP contribution in [0.4, 0.5) is 0 Å². The second kappa shape index (κ2) is 25.8. The van der Waals surface area contributed by atoms with Crippen LogP contribution in [0, 0.1) is 5.92 Å². The van der Waals surface area contributed by atoms with Gasteiger partial charge in [0.05, 0.1) is 47.0 Å². The van der Waals surface area contributed by atoms with Gasteiger partial charge < -0.3 is 18.9 Å². The average molecular weight is 655 g/mol. The quantitative estimate of drug-likeness (QED) is 0.0487. The summed E-state index contributed by atoms with van der Waals surface area (Å²) in [7, 11) is 0.0354. The number of ether oxygens (including phenoxy) is 1. The third kappa shape index (κ3) is 23.7. The van der Waals surface area contributed by atoms with Crippen LogP contribution < -0.4 is 4.74 Å². The molecule has 0 saturated heterocycles. The van der Waals surface area contributed by atoms with Gasteiger partial charge in [0.1, 0.15) is 11.5 Å². The Bertz CT molecular complexity index is 924. The van der Waals surface area contributed by atoms with Crippen LogP contribution in [0.3, 0.4) is 0 Å². The van der Waals surface area contributed by atoms with E-state index in [-0.39, 0.29) is 31.3 Å². The maximum absolute atomic E-state index is 12.5. The number of ketones is 1. The van der Waals surface area contributed by atoms with Crippen molar-refractivity contribution in [1.29, 1.82) is 0 Å². The molecule has 2 atom stereocenters. The molecule has 1 aromatic carbocycles. The SMILES string of the molecule is CCCCCCCCCCCCCCCCCCOc1ccccc1CC(COP(=O)(O)OCCC[N+](C)(C)CC)CC(C)=O. The number of unbranched alkanes of at least 4 members (excludes halogenated alkanes) is 15. The van der Waals surface area contributed by atoms with Crippen LogP contribution in [0.25, 0.3) is 0 Å². The number of para-hydroxylation sites is 1. The molecule has 0 spiro atoms. The Morgan fingerprint density at radius 3 is 1.84 bits per heavy atom.